The van der Waals surface area contributed by atoms with Gasteiger partial charge in [-0.3, -0.25) is 0 Å². The first kappa shape index (κ1) is 8.06. The summed E-state index contributed by atoms with van der Waals surface area (Å²) < 4.78 is 5.35. The number of nitrogens with two attached hydrogens (primary N) is 1. The van der Waals surface area contributed by atoms with Gasteiger partial charge >= 0.3 is 0 Å². The second kappa shape index (κ2) is 2.85. The Hall–Kier alpha value is -1.28. The highest BCUT2D eigenvalue weighted by atomic mass is 16.3. The van der Waals surface area contributed by atoms with E-state index < -0.39 is 0 Å². The van der Waals surface area contributed by atoms with Crippen molar-refractivity contribution < 1.29 is 4.42 Å². The minimum Gasteiger partial charge on any atom is -0.464 e. The van der Waals surface area contributed by atoms with Gasteiger partial charge in [-0.1, -0.05) is 12.1 Å². The first-order valence-corrected chi connectivity index (χ1v) is 5.08. The van der Waals surface area contributed by atoms with E-state index in [-0.39, 0.29) is 6.04 Å². The smallest absolute Gasteiger partial charge is 0.134 e. The van der Waals surface area contributed by atoms with Crippen LogP contribution < -0.4 is 5.73 Å². The van der Waals surface area contributed by atoms with Crippen molar-refractivity contribution in [2.75, 3.05) is 0 Å². The summed E-state index contributed by atoms with van der Waals surface area (Å²) in [6.45, 7) is 0. The van der Waals surface area contributed by atoms with E-state index in [4.69, 9.17) is 10.2 Å². The number of fused-ring (bicyclic) bond motifs is 1. The quantitative estimate of drug-likeness (QED) is 0.785. The summed E-state index contributed by atoms with van der Waals surface area (Å²) in [6, 6.07) is 8.31. The van der Waals surface area contributed by atoms with Gasteiger partial charge in [0.25, 0.3) is 0 Å². The lowest BCUT2D eigenvalue weighted by Gasteiger charge is -2.11. The molecule has 1 fully saturated rings. The van der Waals surface area contributed by atoms with Crippen molar-refractivity contribution in [3.05, 3.63) is 36.1 Å². The molecule has 0 saturated heterocycles. The van der Waals surface area contributed by atoms with Crippen LogP contribution in [0, 0.1) is 5.92 Å². The topological polar surface area (TPSA) is 39.2 Å². The van der Waals surface area contributed by atoms with E-state index in [0.29, 0.717) is 5.92 Å². The standard InChI is InChI=1S/C12H13NO/c13-12(8-4-5-8)10-2-1-3-11-9(10)6-7-14-11/h1-3,6-8,12H,4-5,13H2/t12-/m1/s1. The summed E-state index contributed by atoms with van der Waals surface area (Å²) in [7, 11) is 0. The lowest BCUT2D eigenvalue weighted by molar-refractivity contribution is 0.613. The predicted octanol–water partition coefficient (Wildman–Crippen LogP) is 2.84. The average molecular weight is 187 g/mol. The first-order chi connectivity index (χ1) is 6.86. The first-order valence-electron chi connectivity index (χ1n) is 5.08. The zero-order chi connectivity index (χ0) is 9.54. The Morgan fingerprint density at radius 3 is 2.93 bits per heavy atom. The van der Waals surface area contributed by atoms with Crippen LogP contribution in [0.25, 0.3) is 11.0 Å². The molecule has 1 aromatic heterocycles. The molecule has 2 nitrogen and oxygen atoms in total. The van der Waals surface area contributed by atoms with E-state index >= 15 is 0 Å². The molecule has 1 atom stereocenters. The molecule has 72 valence electrons. The monoisotopic (exact) mass is 187 g/mol. The largest absolute Gasteiger partial charge is 0.464 e. The van der Waals surface area contributed by atoms with Crippen LogP contribution in [0.2, 0.25) is 0 Å². The second-order valence-electron chi connectivity index (χ2n) is 4.04. The van der Waals surface area contributed by atoms with Crippen LogP contribution >= 0.6 is 0 Å². The highest BCUT2D eigenvalue weighted by Crippen LogP contribution is 2.41. The Morgan fingerprint density at radius 1 is 1.29 bits per heavy atom. The fraction of sp³-hybridized carbons (Fsp3) is 0.333. The lowest BCUT2D eigenvalue weighted by atomic mass is 10.00. The highest BCUT2D eigenvalue weighted by molar-refractivity contribution is 5.81. The molecule has 14 heavy (non-hydrogen) atoms. The Bertz CT molecular complexity index is 456. The Balaban J connectivity index is 2.14. The van der Waals surface area contributed by atoms with Crippen LogP contribution in [0.1, 0.15) is 24.4 Å². The molecular formula is C12H13NO. The Labute approximate surface area is 82.7 Å². The Morgan fingerprint density at radius 2 is 2.14 bits per heavy atom. The molecule has 2 aromatic rings. The van der Waals surface area contributed by atoms with Gasteiger partial charge in [0.1, 0.15) is 5.58 Å². The molecule has 1 aromatic carbocycles. The molecule has 1 heterocycles. The van der Waals surface area contributed by atoms with Crippen LogP contribution in [0.5, 0.6) is 0 Å². The average Bonchev–Trinajstić information content (AvgIpc) is 2.94. The summed E-state index contributed by atoms with van der Waals surface area (Å²) in [4.78, 5) is 0. The van der Waals surface area contributed by atoms with Gasteiger partial charge < -0.3 is 10.2 Å². The highest BCUT2D eigenvalue weighted by Gasteiger charge is 2.30. The molecule has 0 bridgehead atoms. The van der Waals surface area contributed by atoms with E-state index in [1.807, 2.05) is 18.2 Å². The van der Waals surface area contributed by atoms with E-state index in [1.165, 1.54) is 23.8 Å². The summed E-state index contributed by atoms with van der Waals surface area (Å²) in [5, 5.41) is 1.17. The normalized spacial score (nSPS) is 18.6. The van der Waals surface area contributed by atoms with E-state index in [1.54, 1.807) is 6.26 Å². The second-order valence-corrected chi connectivity index (χ2v) is 4.04. The zero-order valence-electron chi connectivity index (χ0n) is 7.94. The summed E-state index contributed by atoms with van der Waals surface area (Å²) >= 11 is 0. The molecule has 1 aliphatic carbocycles. The van der Waals surface area contributed by atoms with Gasteiger partial charge in [0.05, 0.1) is 6.26 Å². The van der Waals surface area contributed by atoms with Crippen molar-refractivity contribution in [2.45, 2.75) is 18.9 Å². The van der Waals surface area contributed by atoms with Gasteiger partial charge in [-0.15, -0.1) is 0 Å². The van der Waals surface area contributed by atoms with Gasteiger partial charge in [-0.05, 0) is 36.5 Å². The van der Waals surface area contributed by atoms with E-state index in [9.17, 15) is 0 Å². The number of benzene rings is 1. The minimum atomic E-state index is 0.191. The third-order valence-corrected chi connectivity index (χ3v) is 3.02. The molecule has 2 heteroatoms. The molecule has 0 unspecified atom stereocenters. The molecular weight excluding hydrogens is 174 g/mol. The van der Waals surface area contributed by atoms with Gasteiger partial charge in [0.2, 0.25) is 0 Å². The Kier molecular flexibility index (Phi) is 1.64. The van der Waals surface area contributed by atoms with Crippen molar-refractivity contribution >= 4 is 11.0 Å². The molecule has 0 amide bonds. The molecule has 3 rings (SSSR count). The zero-order valence-corrected chi connectivity index (χ0v) is 7.94. The van der Waals surface area contributed by atoms with Crippen LogP contribution in [-0.2, 0) is 0 Å². The van der Waals surface area contributed by atoms with Crippen LogP contribution in [-0.4, -0.2) is 0 Å². The third-order valence-electron chi connectivity index (χ3n) is 3.02. The van der Waals surface area contributed by atoms with Gasteiger partial charge in [-0.25, -0.2) is 0 Å². The van der Waals surface area contributed by atoms with Gasteiger partial charge in [-0.2, -0.15) is 0 Å². The van der Waals surface area contributed by atoms with Crippen molar-refractivity contribution in [3.8, 4) is 0 Å². The van der Waals surface area contributed by atoms with Crippen LogP contribution in [0.4, 0.5) is 0 Å². The van der Waals surface area contributed by atoms with E-state index in [2.05, 4.69) is 6.07 Å². The minimum absolute atomic E-state index is 0.191. The molecule has 1 saturated carbocycles. The van der Waals surface area contributed by atoms with E-state index in [0.717, 1.165) is 5.58 Å². The number of rotatable bonds is 2. The maximum atomic E-state index is 6.18. The van der Waals surface area contributed by atoms with Crippen molar-refractivity contribution in [3.63, 3.8) is 0 Å². The predicted molar refractivity (Wildman–Crippen MR) is 55.9 cm³/mol. The fourth-order valence-electron chi connectivity index (χ4n) is 2.02. The number of hydrogen-bond donors (Lipinski definition) is 1. The van der Waals surface area contributed by atoms with Crippen LogP contribution in [0.3, 0.4) is 0 Å². The van der Waals surface area contributed by atoms with Crippen LogP contribution in [0.15, 0.2) is 34.9 Å². The SMILES string of the molecule is N[C@@H](c1cccc2occc12)C1CC1. The molecule has 0 aliphatic heterocycles. The number of furan rings is 1. The van der Waals surface area contributed by atoms with Crippen molar-refractivity contribution in [1.82, 2.24) is 0 Å². The maximum Gasteiger partial charge on any atom is 0.134 e. The lowest BCUT2D eigenvalue weighted by Crippen LogP contribution is -2.12. The molecule has 0 radical (unpaired) electrons. The van der Waals surface area contributed by atoms with Gasteiger partial charge in [0.15, 0.2) is 0 Å². The maximum absolute atomic E-state index is 6.18. The fourth-order valence-corrected chi connectivity index (χ4v) is 2.02. The summed E-state index contributed by atoms with van der Waals surface area (Å²) in [6.07, 6.45) is 4.28. The van der Waals surface area contributed by atoms with Crippen molar-refractivity contribution in [1.29, 1.82) is 0 Å². The molecule has 0 spiro atoms. The third kappa shape index (κ3) is 1.15. The molecule has 1 aliphatic rings. The molecule has 2 N–H and O–H groups in total. The van der Waals surface area contributed by atoms with Crippen molar-refractivity contribution in [2.24, 2.45) is 11.7 Å². The summed E-state index contributed by atoms with van der Waals surface area (Å²) in [5.74, 6) is 0.690. The summed E-state index contributed by atoms with van der Waals surface area (Å²) in [5.41, 5.74) is 8.36. The number of hydrogen-bond acceptors (Lipinski definition) is 2. The van der Waals surface area contributed by atoms with Gasteiger partial charge in [0, 0.05) is 11.4 Å².